The fourth-order valence-electron chi connectivity index (χ4n) is 1.97. The molecule has 0 unspecified atom stereocenters. The summed E-state index contributed by atoms with van der Waals surface area (Å²) in [6, 6.07) is 5.80. The number of nitrogens with one attached hydrogen (secondary N) is 2. The fourth-order valence-corrected chi connectivity index (χ4v) is 1.97. The van der Waals surface area contributed by atoms with Crippen LogP contribution in [-0.4, -0.2) is 31.3 Å². The van der Waals surface area contributed by atoms with Crippen LogP contribution in [-0.2, 0) is 0 Å². The van der Waals surface area contributed by atoms with Crippen LogP contribution in [0.3, 0.4) is 0 Å². The van der Waals surface area contributed by atoms with Crippen molar-refractivity contribution < 1.29 is 9.84 Å². The monoisotopic (exact) mass is 222 g/mol. The van der Waals surface area contributed by atoms with Gasteiger partial charge < -0.3 is 20.5 Å². The molecule has 88 valence electrons. The van der Waals surface area contributed by atoms with Crippen LogP contribution in [0.4, 0.5) is 0 Å². The molecule has 1 heterocycles. The van der Waals surface area contributed by atoms with Gasteiger partial charge in [0.15, 0.2) is 11.5 Å². The SMILES string of the molecule is CCOc1cccc([C@H]2CNCCN2)c1O. The molecule has 1 aliphatic heterocycles. The minimum Gasteiger partial charge on any atom is -0.504 e. The molecule has 0 bridgehead atoms. The summed E-state index contributed by atoms with van der Waals surface area (Å²) in [4.78, 5) is 0. The summed E-state index contributed by atoms with van der Waals surface area (Å²) in [5, 5.41) is 16.7. The Hall–Kier alpha value is -1.26. The lowest BCUT2D eigenvalue weighted by molar-refractivity contribution is 0.313. The number of benzene rings is 1. The van der Waals surface area contributed by atoms with Crippen molar-refractivity contribution in [1.29, 1.82) is 0 Å². The molecule has 1 saturated heterocycles. The molecule has 4 heteroatoms. The van der Waals surface area contributed by atoms with E-state index in [1.165, 1.54) is 0 Å². The first-order valence-corrected chi connectivity index (χ1v) is 5.71. The first-order chi connectivity index (χ1) is 7.83. The molecule has 0 saturated carbocycles. The predicted molar refractivity (Wildman–Crippen MR) is 62.9 cm³/mol. The number of hydrogen-bond acceptors (Lipinski definition) is 4. The number of piperazine rings is 1. The van der Waals surface area contributed by atoms with Gasteiger partial charge in [-0.1, -0.05) is 12.1 Å². The minimum absolute atomic E-state index is 0.161. The van der Waals surface area contributed by atoms with Crippen LogP contribution in [0.1, 0.15) is 18.5 Å². The lowest BCUT2D eigenvalue weighted by atomic mass is 10.0. The van der Waals surface area contributed by atoms with Crippen LogP contribution in [0.15, 0.2) is 18.2 Å². The third-order valence-corrected chi connectivity index (χ3v) is 2.75. The maximum atomic E-state index is 10.1. The van der Waals surface area contributed by atoms with Gasteiger partial charge in [-0.25, -0.2) is 0 Å². The Morgan fingerprint density at radius 3 is 3.00 bits per heavy atom. The fraction of sp³-hybridized carbons (Fsp3) is 0.500. The molecule has 0 amide bonds. The van der Waals surface area contributed by atoms with E-state index in [1.807, 2.05) is 19.1 Å². The van der Waals surface area contributed by atoms with Gasteiger partial charge in [-0.2, -0.15) is 0 Å². The van der Waals surface area contributed by atoms with Gasteiger partial charge in [0.05, 0.1) is 6.61 Å². The zero-order valence-corrected chi connectivity index (χ0v) is 9.49. The van der Waals surface area contributed by atoms with Gasteiger partial charge >= 0.3 is 0 Å². The highest BCUT2D eigenvalue weighted by molar-refractivity contribution is 5.47. The molecule has 16 heavy (non-hydrogen) atoms. The molecule has 1 atom stereocenters. The van der Waals surface area contributed by atoms with Crippen LogP contribution < -0.4 is 15.4 Å². The minimum atomic E-state index is 0.161. The van der Waals surface area contributed by atoms with Crippen molar-refractivity contribution in [1.82, 2.24) is 10.6 Å². The van der Waals surface area contributed by atoms with Gasteiger partial charge in [-0.3, -0.25) is 0 Å². The van der Waals surface area contributed by atoms with E-state index >= 15 is 0 Å². The van der Waals surface area contributed by atoms with Gasteiger partial charge in [-0.05, 0) is 13.0 Å². The molecule has 1 aliphatic rings. The van der Waals surface area contributed by atoms with E-state index in [-0.39, 0.29) is 11.8 Å². The Balaban J connectivity index is 2.22. The Morgan fingerprint density at radius 2 is 2.31 bits per heavy atom. The molecule has 0 radical (unpaired) electrons. The molecular formula is C12H18N2O2. The summed E-state index contributed by atoms with van der Waals surface area (Å²) in [5.74, 6) is 0.818. The van der Waals surface area contributed by atoms with E-state index in [4.69, 9.17) is 4.74 Å². The van der Waals surface area contributed by atoms with Crippen molar-refractivity contribution in [3.63, 3.8) is 0 Å². The summed E-state index contributed by atoms with van der Waals surface area (Å²) in [5.41, 5.74) is 0.901. The second-order valence-electron chi connectivity index (χ2n) is 3.84. The average Bonchev–Trinajstić information content (AvgIpc) is 2.33. The summed E-state index contributed by atoms with van der Waals surface area (Å²) >= 11 is 0. The second-order valence-corrected chi connectivity index (χ2v) is 3.84. The Labute approximate surface area is 95.6 Å². The summed E-state index contributed by atoms with van der Waals surface area (Å²) < 4.78 is 5.37. The van der Waals surface area contributed by atoms with Crippen molar-refractivity contribution in [3.05, 3.63) is 23.8 Å². The Morgan fingerprint density at radius 1 is 1.44 bits per heavy atom. The maximum absolute atomic E-state index is 10.1. The largest absolute Gasteiger partial charge is 0.504 e. The molecule has 0 aromatic heterocycles. The molecular weight excluding hydrogens is 204 g/mol. The van der Waals surface area contributed by atoms with Crippen molar-refractivity contribution in [2.45, 2.75) is 13.0 Å². The van der Waals surface area contributed by atoms with Crippen LogP contribution in [0.5, 0.6) is 11.5 Å². The number of phenolic OH excluding ortho intramolecular Hbond substituents is 1. The quantitative estimate of drug-likeness (QED) is 0.715. The van der Waals surface area contributed by atoms with E-state index in [1.54, 1.807) is 6.07 Å². The second kappa shape index (κ2) is 5.18. The Bertz CT molecular complexity index is 349. The molecule has 1 fully saturated rings. The molecule has 0 aliphatic carbocycles. The summed E-state index contributed by atoms with van der Waals surface area (Å²) in [6.45, 7) is 5.20. The normalized spacial score (nSPS) is 20.7. The first kappa shape index (κ1) is 11.2. The highest BCUT2D eigenvalue weighted by Gasteiger charge is 2.19. The van der Waals surface area contributed by atoms with Gasteiger partial charge in [-0.15, -0.1) is 0 Å². The molecule has 4 nitrogen and oxygen atoms in total. The number of aromatic hydroxyl groups is 1. The summed E-state index contributed by atoms with van der Waals surface area (Å²) in [6.07, 6.45) is 0. The number of hydrogen-bond donors (Lipinski definition) is 3. The molecule has 3 N–H and O–H groups in total. The van der Waals surface area contributed by atoms with Crippen LogP contribution in [0.25, 0.3) is 0 Å². The highest BCUT2D eigenvalue weighted by atomic mass is 16.5. The van der Waals surface area contributed by atoms with Gasteiger partial charge in [0.2, 0.25) is 0 Å². The van der Waals surface area contributed by atoms with E-state index in [0.29, 0.717) is 12.4 Å². The highest BCUT2D eigenvalue weighted by Crippen LogP contribution is 2.33. The lowest BCUT2D eigenvalue weighted by Gasteiger charge is -2.25. The zero-order valence-electron chi connectivity index (χ0n) is 9.49. The van der Waals surface area contributed by atoms with Crippen LogP contribution >= 0.6 is 0 Å². The van der Waals surface area contributed by atoms with E-state index in [2.05, 4.69) is 10.6 Å². The molecule has 0 spiro atoms. The van der Waals surface area contributed by atoms with Gasteiger partial charge in [0.25, 0.3) is 0 Å². The maximum Gasteiger partial charge on any atom is 0.162 e. The van der Waals surface area contributed by atoms with Crippen molar-refractivity contribution in [2.24, 2.45) is 0 Å². The zero-order chi connectivity index (χ0) is 11.4. The standard InChI is InChI=1S/C12H18N2O2/c1-2-16-11-5-3-4-9(12(11)15)10-8-13-6-7-14-10/h3-5,10,13-15H,2,6-8H2,1H3/t10-/m1/s1. The van der Waals surface area contributed by atoms with Crippen LogP contribution in [0.2, 0.25) is 0 Å². The molecule has 1 aromatic rings. The Kier molecular flexibility index (Phi) is 3.64. The van der Waals surface area contributed by atoms with Crippen LogP contribution in [0, 0.1) is 0 Å². The number of phenols is 1. The number of ether oxygens (including phenoxy) is 1. The third-order valence-electron chi connectivity index (χ3n) is 2.75. The van der Waals surface area contributed by atoms with E-state index in [9.17, 15) is 5.11 Å². The number of rotatable bonds is 3. The van der Waals surface area contributed by atoms with E-state index < -0.39 is 0 Å². The summed E-state index contributed by atoms with van der Waals surface area (Å²) in [7, 11) is 0. The van der Waals surface area contributed by atoms with Crippen molar-refractivity contribution in [3.8, 4) is 11.5 Å². The smallest absolute Gasteiger partial charge is 0.162 e. The van der Waals surface area contributed by atoms with E-state index in [0.717, 1.165) is 25.2 Å². The van der Waals surface area contributed by atoms with Gasteiger partial charge in [0.1, 0.15) is 0 Å². The third kappa shape index (κ3) is 2.28. The topological polar surface area (TPSA) is 53.5 Å². The average molecular weight is 222 g/mol. The van der Waals surface area contributed by atoms with Crippen molar-refractivity contribution >= 4 is 0 Å². The number of para-hydroxylation sites is 1. The van der Waals surface area contributed by atoms with Crippen molar-refractivity contribution in [2.75, 3.05) is 26.2 Å². The predicted octanol–water partition coefficient (Wildman–Crippen LogP) is 1.02. The molecule has 1 aromatic carbocycles. The lowest BCUT2D eigenvalue weighted by Crippen LogP contribution is -2.42. The first-order valence-electron chi connectivity index (χ1n) is 5.71. The van der Waals surface area contributed by atoms with Gasteiger partial charge in [0, 0.05) is 31.2 Å². The molecule has 2 rings (SSSR count).